The van der Waals surface area contributed by atoms with Crippen LogP contribution >= 0.6 is 27.7 Å². The number of hydrogen-bond donors (Lipinski definition) is 1. The zero-order valence-corrected chi connectivity index (χ0v) is 12.5. The van der Waals surface area contributed by atoms with Gasteiger partial charge in [-0.15, -0.1) is 0 Å². The Hall–Kier alpha value is -1.08. The van der Waals surface area contributed by atoms with Gasteiger partial charge in [0.25, 0.3) is 11.6 Å². The Kier molecular flexibility index (Phi) is 4.81. The molecule has 1 aromatic rings. The van der Waals surface area contributed by atoms with E-state index >= 15 is 0 Å². The van der Waals surface area contributed by atoms with Gasteiger partial charge in [-0.25, -0.2) is 0 Å². The van der Waals surface area contributed by atoms with E-state index in [0.717, 1.165) is 17.9 Å². The molecule has 0 aliphatic carbocycles. The van der Waals surface area contributed by atoms with Crippen LogP contribution in [0.15, 0.2) is 22.7 Å². The first kappa shape index (κ1) is 14.3. The molecule has 1 aromatic carbocycles. The number of nitro benzene ring substituents is 1. The van der Waals surface area contributed by atoms with Crippen molar-refractivity contribution in [2.45, 2.75) is 6.42 Å². The number of hydrogen-bond acceptors (Lipinski definition) is 4. The van der Waals surface area contributed by atoms with Gasteiger partial charge in [-0.2, -0.15) is 11.8 Å². The summed E-state index contributed by atoms with van der Waals surface area (Å²) < 4.78 is 0.566. The molecule has 1 amide bonds. The SMILES string of the molecule is O=C(NCC1CCSC1)c1cc([N+](=O)[O-])ccc1Br. The highest BCUT2D eigenvalue weighted by atomic mass is 79.9. The largest absolute Gasteiger partial charge is 0.352 e. The fourth-order valence-corrected chi connectivity index (χ4v) is 3.59. The van der Waals surface area contributed by atoms with E-state index in [-0.39, 0.29) is 11.6 Å². The zero-order chi connectivity index (χ0) is 13.8. The average Bonchev–Trinajstić information content (AvgIpc) is 2.89. The molecule has 2 rings (SSSR count). The number of benzene rings is 1. The van der Waals surface area contributed by atoms with Gasteiger partial charge in [0.15, 0.2) is 0 Å². The highest BCUT2D eigenvalue weighted by Crippen LogP contribution is 2.24. The molecule has 1 heterocycles. The summed E-state index contributed by atoms with van der Waals surface area (Å²) in [5.41, 5.74) is 0.227. The van der Waals surface area contributed by atoms with E-state index in [1.807, 2.05) is 11.8 Å². The quantitative estimate of drug-likeness (QED) is 0.673. The van der Waals surface area contributed by atoms with E-state index in [1.54, 1.807) is 0 Å². The van der Waals surface area contributed by atoms with E-state index in [2.05, 4.69) is 21.2 Å². The van der Waals surface area contributed by atoms with Crippen LogP contribution in [-0.4, -0.2) is 28.9 Å². The van der Waals surface area contributed by atoms with Crippen molar-refractivity contribution in [3.05, 3.63) is 38.3 Å². The number of non-ortho nitro benzene ring substituents is 1. The molecule has 0 radical (unpaired) electrons. The molecule has 0 bridgehead atoms. The molecule has 102 valence electrons. The van der Waals surface area contributed by atoms with Crippen molar-refractivity contribution in [3.8, 4) is 0 Å². The van der Waals surface area contributed by atoms with Gasteiger partial charge < -0.3 is 5.32 Å². The highest BCUT2D eigenvalue weighted by molar-refractivity contribution is 9.10. The third-order valence-electron chi connectivity index (χ3n) is 2.98. The van der Waals surface area contributed by atoms with Crippen molar-refractivity contribution < 1.29 is 9.72 Å². The van der Waals surface area contributed by atoms with Crippen molar-refractivity contribution >= 4 is 39.3 Å². The number of nitrogens with zero attached hydrogens (tertiary/aromatic N) is 1. The minimum absolute atomic E-state index is 0.0789. The minimum atomic E-state index is -0.503. The molecule has 1 aliphatic rings. The highest BCUT2D eigenvalue weighted by Gasteiger charge is 2.19. The lowest BCUT2D eigenvalue weighted by molar-refractivity contribution is -0.384. The molecule has 5 nitrogen and oxygen atoms in total. The molecular formula is C12H13BrN2O3S. The number of carbonyl (C=O) groups excluding carboxylic acids is 1. The lowest BCUT2D eigenvalue weighted by Gasteiger charge is -2.10. The van der Waals surface area contributed by atoms with Gasteiger partial charge in [0.1, 0.15) is 0 Å². The summed E-state index contributed by atoms with van der Waals surface area (Å²) in [5, 5.41) is 13.6. The second-order valence-corrected chi connectivity index (χ2v) is 6.37. The maximum atomic E-state index is 12.0. The molecule has 1 unspecified atom stereocenters. The molecular weight excluding hydrogens is 332 g/mol. The van der Waals surface area contributed by atoms with E-state index < -0.39 is 4.92 Å². The lowest BCUT2D eigenvalue weighted by Crippen LogP contribution is -2.29. The summed E-state index contributed by atoms with van der Waals surface area (Å²) in [5.74, 6) is 2.44. The normalized spacial score (nSPS) is 18.3. The second-order valence-electron chi connectivity index (χ2n) is 4.36. The first-order chi connectivity index (χ1) is 9.08. The fourth-order valence-electron chi connectivity index (χ4n) is 1.88. The summed E-state index contributed by atoms with van der Waals surface area (Å²) in [6, 6.07) is 4.19. The molecule has 1 fully saturated rings. The van der Waals surface area contributed by atoms with E-state index in [1.165, 1.54) is 18.2 Å². The van der Waals surface area contributed by atoms with Crippen molar-refractivity contribution in [2.75, 3.05) is 18.1 Å². The van der Waals surface area contributed by atoms with Gasteiger partial charge in [0.05, 0.1) is 10.5 Å². The van der Waals surface area contributed by atoms with Gasteiger partial charge in [-0.1, -0.05) is 0 Å². The van der Waals surface area contributed by atoms with Gasteiger partial charge in [-0.05, 0) is 45.8 Å². The summed E-state index contributed by atoms with van der Waals surface area (Å²) in [6.07, 6.45) is 1.11. The predicted molar refractivity (Wildman–Crippen MR) is 78.6 cm³/mol. The van der Waals surface area contributed by atoms with Gasteiger partial charge in [-0.3, -0.25) is 14.9 Å². The maximum Gasteiger partial charge on any atom is 0.270 e. The van der Waals surface area contributed by atoms with Crippen LogP contribution in [0.5, 0.6) is 0 Å². The number of carbonyl (C=O) groups is 1. The molecule has 1 N–H and O–H groups in total. The van der Waals surface area contributed by atoms with Crippen LogP contribution in [0.2, 0.25) is 0 Å². The Morgan fingerprint density at radius 3 is 3.00 bits per heavy atom. The number of nitro groups is 1. The van der Waals surface area contributed by atoms with Crippen LogP contribution in [0.1, 0.15) is 16.8 Å². The third kappa shape index (κ3) is 3.70. The van der Waals surface area contributed by atoms with E-state index in [0.29, 0.717) is 22.5 Å². The first-order valence-corrected chi connectivity index (χ1v) is 7.82. The van der Waals surface area contributed by atoms with Crippen molar-refractivity contribution in [3.63, 3.8) is 0 Å². The molecule has 1 saturated heterocycles. The van der Waals surface area contributed by atoms with Crippen molar-refractivity contribution in [1.82, 2.24) is 5.32 Å². The zero-order valence-electron chi connectivity index (χ0n) is 10.1. The van der Waals surface area contributed by atoms with Gasteiger partial charge in [0, 0.05) is 23.2 Å². The third-order valence-corrected chi connectivity index (χ3v) is 4.90. The van der Waals surface area contributed by atoms with Crippen LogP contribution < -0.4 is 5.32 Å². The summed E-state index contributed by atoms with van der Waals surface area (Å²) in [6.45, 7) is 0.626. The number of rotatable bonds is 4. The standard InChI is InChI=1S/C12H13BrN2O3S/c13-11-2-1-9(15(17)18)5-10(11)12(16)14-6-8-3-4-19-7-8/h1-2,5,8H,3-4,6-7H2,(H,14,16). The summed E-state index contributed by atoms with van der Waals surface area (Å²) >= 11 is 5.14. The number of amides is 1. The van der Waals surface area contributed by atoms with Crippen LogP contribution in [-0.2, 0) is 0 Å². The molecule has 7 heteroatoms. The molecule has 19 heavy (non-hydrogen) atoms. The van der Waals surface area contributed by atoms with Crippen molar-refractivity contribution in [1.29, 1.82) is 0 Å². The molecule has 0 saturated carbocycles. The number of thioether (sulfide) groups is 1. The Labute approximate surface area is 123 Å². The Bertz CT molecular complexity index is 504. The fraction of sp³-hybridized carbons (Fsp3) is 0.417. The smallest absolute Gasteiger partial charge is 0.270 e. The van der Waals surface area contributed by atoms with E-state index in [4.69, 9.17) is 0 Å². The average molecular weight is 345 g/mol. The van der Waals surface area contributed by atoms with Crippen LogP contribution in [0.3, 0.4) is 0 Å². The van der Waals surface area contributed by atoms with Crippen LogP contribution in [0.4, 0.5) is 5.69 Å². The van der Waals surface area contributed by atoms with Crippen molar-refractivity contribution in [2.24, 2.45) is 5.92 Å². The topological polar surface area (TPSA) is 72.2 Å². The lowest BCUT2D eigenvalue weighted by atomic mass is 10.1. The maximum absolute atomic E-state index is 12.0. The van der Waals surface area contributed by atoms with Gasteiger partial charge >= 0.3 is 0 Å². The predicted octanol–water partition coefficient (Wildman–Crippen LogP) is 2.84. The Balaban J connectivity index is 2.04. The second kappa shape index (κ2) is 6.38. The van der Waals surface area contributed by atoms with Crippen LogP contribution in [0, 0.1) is 16.0 Å². The molecule has 0 aromatic heterocycles. The molecule has 1 aliphatic heterocycles. The number of nitrogens with one attached hydrogen (secondary N) is 1. The number of halogens is 1. The van der Waals surface area contributed by atoms with E-state index in [9.17, 15) is 14.9 Å². The van der Waals surface area contributed by atoms with Gasteiger partial charge in [0.2, 0.25) is 0 Å². The first-order valence-electron chi connectivity index (χ1n) is 5.88. The Morgan fingerprint density at radius 1 is 1.58 bits per heavy atom. The summed E-state index contributed by atoms with van der Waals surface area (Å²) in [4.78, 5) is 22.2. The van der Waals surface area contributed by atoms with Crippen LogP contribution in [0.25, 0.3) is 0 Å². The Morgan fingerprint density at radius 2 is 2.37 bits per heavy atom. The minimum Gasteiger partial charge on any atom is -0.352 e. The summed E-state index contributed by atoms with van der Waals surface area (Å²) in [7, 11) is 0. The molecule has 0 spiro atoms. The molecule has 1 atom stereocenters. The monoisotopic (exact) mass is 344 g/mol.